The summed E-state index contributed by atoms with van der Waals surface area (Å²) < 4.78 is 7.92. The summed E-state index contributed by atoms with van der Waals surface area (Å²) in [6, 6.07) is 16.4. The SMILES string of the molecule is C=CCn1c(COc2ccc(C)cc2)nnc1SCc1ccccc1C. The Morgan fingerprint density at radius 3 is 2.58 bits per heavy atom. The van der Waals surface area contributed by atoms with Gasteiger partial charge in [-0.15, -0.1) is 16.8 Å². The van der Waals surface area contributed by atoms with Gasteiger partial charge in [-0.2, -0.15) is 0 Å². The minimum atomic E-state index is 0.384. The van der Waals surface area contributed by atoms with Crippen molar-refractivity contribution in [2.75, 3.05) is 0 Å². The molecule has 0 unspecified atom stereocenters. The average Bonchev–Trinajstić information content (AvgIpc) is 3.03. The lowest BCUT2D eigenvalue weighted by atomic mass is 10.1. The van der Waals surface area contributed by atoms with Gasteiger partial charge >= 0.3 is 0 Å². The molecule has 0 spiro atoms. The van der Waals surface area contributed by atoms with E-state index in [-0.39, 0.29) is 0 Å². The number of ether oxygens (including phenoxy) is 1. The molecule has 0 amide bonds. The van der Waals surface area contributed by atoms with Crippen molar-refractivity contribution in [1.29, 1.82) is 0 Å². The topological polar surface area (TPSA) is 39.9 Å². The molecule has 26 heavy (non-hydrogen) atoms. The normalized spacial score (nSPS) is 10.7. The molecule has 4 nitrogen and oxygen atoms in total. The molecule has 0 fully saturated rings. The zero-order chi connectivity index (χ0) is 18.4. The maximum Gasteiger partial charge on any atom is 0.191 e. The molecule has 0 saturated carbocycles. The Morgan fingerprint density at radius 2 is 1.85 bits per heavy atom. The van der Waals surface area contributed by atoms with Crippen LogP contribution in [0, 0.1) is 13.8 Å². The first kappa shape index (κ1) is 18.3. The highest BCUT2D eigenvalue weighted by molar-refractivity contribution is 7.98. The minimum Gasteiger partial charge on any atom is -0.486 e. The van der Waals surface area contributed by atoms with Gasteiger partial charge in [-0.1, -0.05) is 59.8 Å². The van der Waals surface area contributed by atoms with E-state index in [1.54, 1.807) is 11.8 Å². The number of rotatable bonds is 8. The van der Waals surface area contributed by atoms with E-state index in [9.17, 15) is 0 Å². The molecule has 0 aliphatic rings. The second-order valence-corrected chi connectivity index (χ2v) is 7.06. The molecular weight excluding hydrogens is 342 g/mol. The van der Waals surface area contributed by atoms with Gasteiger partial charge in [-0.3, -0.25) is 4.57 Å². The van der Waals surface area contributed by atoms with Crippen molar-refractivity contribution in [3.8, 4) is 5.75 Å². The first-order valence-corrected chi connectivity index (χ1v) is 9.55. The van der Waals surface area contributed by atoms with Gasteiger partial charge in [0.2, 0.25) is 0 Å². The number of aryl methyl sites for hydroxylation is 2. The molecule has 5 heteroatoms. The van der Waals surface area contributed by atoms with Crippen molar-refractivity contribution in [2.45, 2.75) is 37.9 Å². The summed E-state index contributed by atoms with van der Waals surface area (Å²) in [5, 5.41) is 9.56. The van der Waals surface area contributed by atoms with E-state index < -0.39 is 0 Å². The van der Waals surface area contributed by atoms with Crippen LogP contribution in [-0.2, 0) is 18.9 Å². The Hall–Kier alpha value is -2.53. The van der Waals surface area contributed by atoms with Crippen molar-refractivity contribution in [3.63, 3.8) is 0 Å². The molecule has 0 saturated heterocycles. The van der Waals surface area contributed by atoms with Crippen LogP contribution < -0.4 is 4.74 Å². The number of thioether (sulfide) groups is 1. The van der Waals surface area contributed by atoms with Crippen molar-refractivity contribution >= 4 is 11.8 Å². The third kappa shape index (κ3) is 4.55. The van der Waals surface area contributed by atoms with Crippen LogP contribution >= 0.6 is 11.8 Å². The molecule has 2 aromatic carbocycles. The number of nitrogens with zero attached hydrogens (tertiary/aromatic N) is 3. The Morgan fingerprint density at radius 1 is 1.08 bits per heavy atom. The Labute approximate surface area is 158 Å². The number of benzene rings is 2. The number of hydrogen-bond donors (Lipinski definition) is 0. The molecule has 0 aliphatic heterocycles. The first-order chi connectivity index (χ1) is 12.7. The Balaban J connectivity index is 1.70. The van der Waals surface area contributed by atoms with Gasteiger partial charge in [0.15, 0.2) is 11.0 Å². The van der Waals surface area contributed by atoms with Crippen LogP contribution in [0.3, 0.4) is 0 Å². The van der Waals surface area contributed by atoms with Crippen LogP contribution in [0.15, 0.2) is 66.3 Å². The third-order valence-electron chi connectivity index (χ3n) is 4.11. The van der Waals surface area contributed by atoms with Gasteiger partial charge in [0.05, 0.1) is 0 Å². The van der Waals surface area contributed by atoms with E-state index in [2.05, 4.69) is 59.5 Å². The zero-order valence-corrected chi connectivity index (χ0v) is 16.0. The molecule has 0 radical (unpaired) electrons. The van der Waals surface area contributed by atoms with Gasteiger partial charge in [0.25, 0.3) is 0 Å². The fraction of sp³-hybridized carbons (Fsp3) is 0.238. The first-order valence-electron chi connectivity index (χ1n) is 8.57. The molecule has 3 rings (SSSR count). The van der Waals surface area contributed by atoms with Crippen LogP contribution in [0.4, 0.5) is 0 Å². The van der Waals surface area contributed by atoms with E-state index in [1.165, 1.54) is 16.7 Å². The molecule has 1 aromatic heterocycles. The molecule has 1 heterocycles. The maximum absolute atomic E-state index is 5.86. The highest BCUT2D eigenvalue weighted by atomic mass is 32.2. The highest BCUT2D eigenvalue weighted by Crippen LogP contribution is 2.24. The third-order valence-corrected chi connectivity index (χ3v) is 5.13. The molecule has 0 atom stereocenters. The average molecular weight is 366 g/mol. The molecule has 0 bridgehead atoms. The summed E-state index contributed by atoms with van der Waals surface area (Å²) in [5.41, 5.74) is 3.81. The molecule has 0 aliphatic carbocycles. The van der Waals surface area contributed by atoms with E-state index in [1.807, 2.05) is 30.3 Å². The Bertz CT molecular complexity index is 871. The maximum atomic E-state index is 5.86. The standard InChI is InChI=1S/C21H23N3OS/c1-4-13-24-20(14-25-19-11-9-16(2)10-12-19)22-23-21(24)26-15-18-8-6-5-7-17(18)3/h4-12H,1,13-15H2,2-3H3. The van der Waals surface area contributed by atoms with Crippen LogP contribution in [0.25, 0.3) is 0 Å². The number of aromatic nitrogens is 3. The Kier molecular flexibility index (Phi) is 6.12. The second kappa shape index (κ2) is 8.72. The van der Waals surface area contributed by atoms with Crippen molar-refractivity contribution < 1.29 is 4.74 Å². The second-order valence-electron chi connectivity index (χ2n) is 6.11. The van der Waals surface area contributed by atoms with Crippen molar-refractivity contribution in [3.05, 3.63) is 83.7 Å². The quantitative estimate of drug-likeness (QED) is 0.418. The van der Waals surface area contributed by atoms with E-state index >= 15 is 0 Å². The van der Waals surface area contributed by atoms with Crippen LogP contribution in [0.1, 0.15) is 22.5 Å². The monoisotopic (exact) mass is 365 g/mol. The summed E-state index contributed by atoms with van der Waals surface area (Å²) in [7, 11) is 0. The summed E-state index contributed by atoms with van der Waals surface area (Å²) in [4.78, 5) is 0. The largest absolute Gasteiger partial charge is 0.486 e. The van der Waals surface area contributed by atoms with Crippen molar-refractivity contribution in [2.24, 2.45) is 0 Å². The fourth-order valence-electron chi connectivity index (χ4n) is 2.54. The number of allylic oxidation sites excluding steroid dienone is 1. The lowest BCUT2D eigenvalue weighted by molar-refractivity contribution is 0.289. The van der Waals surface area contributed by atoms with Crippen LogP contribution in [0.5, 0.6) is 5.75 Å². The molecular formula is C21H23N3OS. The molecule has 3 aromatic rings. The highest BCUT2D eigenvalue weighted by Gasteiger charge is 2.13. The predicted molar refractivity (Wildman–Crippen MR) is 106 cm³/mol. The van der Waals surface area contributed by atoms with Crippen LogP contribution in [-0.4, -0.2) is 14.8 Å². The van der Waals surface area contributed by atoms with Crippen LogP contribution in [0.2, 0.25) is 0 Å². The lowest BCUT2D eigenvalue weighted by Crippen LogP contribution is -2.07. The van der Waals surface area contributed by atoms with Crippen molar-refractivity contribution in [1.82, 2.24) is 14.8 Å². The van der Waals surface area contributed by atoms with E-state index in [0.717, 1.165) is 22.5 Å². The summed E-state index contributed by atoms with van der Waals surface area (Å²) in [5.74, 6) is 2.50. The fourth-order valence-corrected chi connectivity index (χ4v) is 3.58. The van der Waals surface area contributed by atoms with Gasteiger partial charge in [-0.25, -0.2) is 0 Å². The molecule has 134 valence electrons. The van der Waals surface area contributed by atoms with Gasteiger partial charge in [0, 0.05) is 12.3 Å². The van der Waals surface area contributed by atoms with Gasteiger partial charge in [-0.05, 0) is 37.1 Å². The van der Waals surface area contributed by atoms with Gasteiger partial charge < -0.3 is 4.74 Å². The minimum absolute atomic E-state index is 0.384. The van der Waals surface area contributed by atoms with Gasteiger partial charge in [0.1, 0.15) is 12.4 Å². The number of hydrogen-bond acceptors (Lipinski definition) is 4. The summed E-state index contributed by atoms with van der Waals surface area (Å²) in [6.45, 7) is 9.09. The van der Waals surface area contributed by atoms with E-state index in [4.69, 9.17) is 4.74 Å². The molecule has 0 N–H and O–H groups in total. The summed E-state index contributed by atoms with van der Waals surface area (Å²) >= 11 is 1.68. The lowest BCUT2D eigenvalue weighted by Gasteiger charge is -2.10. The smallest absolute Gasteiger partial charge is 0.191 e. The predicted octanol–water partition coefficient (Wildman–Crippen LogP) is 4.95. The zero-order valence-electron chi connectivity index (χ0n) is 15.2. The van der Waals surface area contributed by atoms with E-state index in [0.29, 0.717) is 13.2 Å². The summed E-state index contributed by atoms with van der Waals surface area (Å²) in [6.07, 6.45) is 1.86.